The van der Waals surface area contributed by atoms with E-state index in [0.29, 0.717) is 35.7 Å². The van der Waals surface area contributed by atoms with Crippen molar-refractivity contribution in [3.63, 3.8) is 0 Å². The molecule has 5 nitrogen and oxygen atoms in total. The lowest BCUT2D eigenvalue weighted by molar-refractivity contribution is -0.143. The summed E-state index contributed by atoms with van der Waals surface area (Å²) < 4.78 is 0. The summed E-state index contributed by atoms with van der Waals surface area (Å²) in [6.45, 7) is 0.790. The highest BCUT2D eigenvalue weighted by Crippen LogP contribution is 2.24. The van der Waals surface area contributed by atoms with E-state index in [-0.39, 0.29) is 12.5 Å². The topological polar surface area (TPSA) is 83.6 Å². The number of carbonyl (C=O) groups is 2. The summed E-state index contributed by atoms with van der Waals surface area (Å²) in [7, 11) is 0. The summed E-state index contributed by atoms with van der Waals surface area (Å²) in [5.74, 6) is -1.60. The van der Waals surface area contributed by atoms with Crippen LogP contribution in [0.4, 0.5) is 5.69 Å². The number of carboxylic acid groups (broad SMARTS) is 1. The standard InChI is InChI=1S/C13H15ClN2O3/c14-11-6-9(15)3-4-10(11)12(17)16-5-1-2-8(7-16)13(18)19/h3-4,6,8H,1-2,5,7,15H2,(H,18,19). The fourth-order valence-corrected chi connectivity index (χ4v) is 2.51. The Morgan fingerprint density at radius 1 is 1.42 bits per heavy atom. The Balaban J connectivity index is 2.17. The summed E-state index contributed by atoms with van der Waals surface area (Å²) in [5, 5.41) is 9.31. The maximum atomic E-state index is 12.3. The molecular weight excluding hydrogens is 268 g/mol. The third-order valence-electron chi connectivity index (χ3n) is 3.28. The molecule has 1 amide bonds. The van der Waals surface area contributed by atoms with Crippen molar-refractivity contribution in [1.82, 2.24) is 4.90 Å². The molecule has 0 bridgehead atoms. The number of benzene rings is 1. The number of carboxylic acids is 1. The van der Waals surface area contributed by atoms with Gasteiger partial charge in [0.05, 0.1) is 16.5 Å². The molecule has 0 spiro atoms. The number of anilines is 1. The molecule has 0 radical (unpaired) electrons. The molecule has 1 aliphatic rings. The average molecular weight is 283 g/mol. The Bertz CT molecular complexity index is 519. The lowest BCUT2D eigenvalue weighted by atomic mass is 9.97. The fraction of sp³-hybridized carbons (Fsp3) is 0.385. The van der Waals surface area contributed by atoms with Gasteiger partial charge in [-0.3, -0.25) is 9.59 Å². The van der Waals surface area contributed by atoms with Crippen molar-refractivity contribution in [3.8, 4) is 0 Å². The van der Waals surface area contributed by atoms with Crippen molar-refractivity contribution in [2.75, 3.05) is 18.8 Å². The number of halogens is 1. The highest BCUT2D eigenvalue weighted by Gasteiger charge is 2.29. The van der Waals surface area contributed by atoms with Crippen LogP contribution in [0.15, 0.2) is 18.2 Å². The second kappa shape index (κ2) is 5.48. The van der Waals surface area contributed by atoms with Gasteiger partial charge >= 0.3 is 5.97 Å². The van der Waals surface area contributed by atoms with Gasteiger partial charge in [-0.15, -0.1) is 0 Å². The van der Waals surface area contributed by atoms with Gasteiger partial charge in [0.25, 0.3) is 5.91 Å². The molecular formula is C13H15ClN2O3. The first-order valence-corrected chi connectivity index (χ1v) is 6.44. The molecule has 1 heterocycles. The normalized spacial score (nSPS) is 19.2. The number of nitrogen functional groups attached to an aromatic ring is 1. The lowest BCUT2D eigenvalue weighted by Crippen LogP contribution is -2.42. The summed E-state index contributed by atoms with van der Waals surface area (Å²) in [6.07, 6.45) is 1.30. The van der Waals surface area contributed by atoms with Crippen LogP contribution < -0.4 is 5.73 Å². The molecule has 3 N–H and O–H groups in total. The Hall–Kier alpha value is -1.75. The van der Waals surface area contributed by atoms with E-state index in [4.69, 9.17) is 22.4 Å². The van der Waals surface area contributed by atoms with Crippen LogP contribution in [0.3, 0.4) is 0 Å². The molecule has 2 rings (SSSR count). The number of piperidine rings is 1. The van der Waals surface area contributed by atoms with E-state index in [0.717, 1.165) is 0 Å². The molecule has 1 aromatic rings. The van der Waals surface area contributed by atoms with Crippen molar-refractivity contribution in [2.24, 2.45) is 5.92 Å². The number of nitrogens with zero attached hydrogens (tertiary/aromatic N) is 1. The second-order valence-electron chi connectivity index (χ2n) is 4.67. The molecule has 1 saturated heterocycles. The van der Waals surface area contributed by atoms with E-state index in [1.54, 1.807) is 17.0 Å². The van der Waals surface area contributed by atoms with Crippen molar-refractivity contribution < 1.29 is 14.7 Å². The molecule has 102 valence electrons. The predicted molar refractivity (Wildman–Crippen MR) is 72.1 cm³/mol. The minimum Gasteiger partial charge on any atom is -0.481 e. The first kappa shape index (κ1) is 13.7. The number of carbonyl (C=O) groups excluding carboxylic acids is 1. The van der Waals surface area contributed by atoms with Gasteiger partial charge in [-0.05, 0) is 31.0 Å². The summed E-state index contributed by atoms with van der Waals surface area (Å²) in [4.78, 5) is 24.8. The number of rotatable bonds is 2. The third kappa shape index (κ3) is 2.98. The van der Waals surface area contributed by atoms with Gasteiger partial charge in [0.15, 0.2) is 0 Å². The second-order valence-corrected chi connectivity index (χ2v) is 5.08. The minimum absolute atomic E-state index is 0.231. The quantitative estimate of drug-likeness (QED) is 0.811. The molecule has 6 heteroatoms. The van der Waals surface area contributed by atoms with E-state index < -0.39 is 11.9 Å². The molecule has 1 unspecified atom stereocenters. The summed E-state index contributed by atoms with van der Waals surface area (Å²) >= 11 is 6.00. The number of aliphatic carboxylic acids is 1. The zero-order chi connectivity index (χ0) is 14.0. The fourth-order valence-electron chi connectivity index (χ4n) is 2.24. The molecule has 1 atom stereocenters. The monoisotopic (exact) mass is 282 g/mol. The van der Waals surface area contributed by atoms with Gasteiger partial charge in [0.2, 0.25) is 0 Å². The van der Waals surface area contributed by atoms with Crippen LogP contribution in [0, 0.1) is 5.92 Å². The van der Waals surface area contributed by atoms with E-state index in [1.807, 2.05) is 0 Å². The van der Waals surface area contributed by atoms with Crippen molar-refractivity contribution in [1.29, 1.82) is 0 Å². The van der Waals surface area contributed by atoms with Crippen molar-refractivity contribution >= 4 is 29.2 Å². The van der Waals surface area contributed by atoms with E-state index in [9.17, 15) is 9.59 Å². The van der Waals surface area contributed by atoms with E-state index in [1.165, 1.54) is 6.07 Å². The highest BCUT2D eigenvalue weighted by atomic mass is 35.5. The number of hydrogen-bond donors (Lipinski definition) is 2. The Kier molecular flexibility index (Phi) is 3.95. The number of likely N-dealkylation sites (tertiary alicyclic amines) is 1. The zero-order valence-corrected chi connectivity index (χ0v) is 11.1. The molecule has 19 heavy (non-hydrogen) atoms. The van der Waals surface area contributed by atoms with Crippen LogP contribution in [0.1, 0.15) is 23.2 Å². The van der Waals surface area contributed by atoms with Crippen LogP contribution >= 0.6 is 11.6 Å². The van der Waals surface area contributed by atoms with E-state index in [2.05, 4.69) is 0 Å². The maximum Gasteiger partial charge on any atom is 0.308 e. The summed E-state index contributed by atoms with van der Waals surface area (Å²) in [6, 6.07) is 4.70. The lowest BCUT2D eigenvalue weighted by Gasteiger charge is -2.31. The van der Waals surface area contributed by atoms with E-state index >= 15 is 0 Å². The average Bonchev–Trinajstić information content (AvgIpc) is 2.38. The smallest absolute Gasteiger partial charge is 0.308 e. The maximum absolute atomic E-state index is 12.3. The first-order chi connectivity index (χ1) is 8.99. The molecule has 0 aliphatic carbocycles. The predicted octanol–water partition coefficient (Wildman–Crippen LogP) is 1.86. The van der Waals surface area contributed by atoms with Gasteiger partial charge in [0.1, 0.15) is 0 Å². The van der Waals surface area contributed by atoms with Crippen molar-refractivity contribution in [2.45, 2.75) is 12.8 Å². The first-order valence-electron chi connectivity index (χ1n) is 6.06. The largest absolute Gasteiger partial charge is 0.481 e. The Labute approximate surface area is 116 Å². The SMILES string of the molecule is Nc1ccc(C(=O)N2CCCC(C(=O)O)C2)c(Cl)c1. The zero-order valence-electron chi connectivity index (χ0n) is 10.3. The van der Waals surface area contributed by atoms with Crippen molar-refractivity contribution in [3.05, 3.63) is 28.8 Å². The number of nitrogens with two attached hydrogens (primary N) is 1. The number of hydrogen-bond acceptors (Lipinski definition) is 3. The van der Waals surface area contributed by atoms with Gasteiger partial charge in [-0.1, -0.05) is 11.6 Å². The molecule has 0 saturated carbocycles. The van der Waals surface area contributed by atoms with Crippen LogP contribution in [-0.2, 0) is 4.79 Å². The van der Waals surface area contributed by atoms with Crippen LogP contribution in [-0.4, -0.2) is 35.0 Å². The number of amides is 1. The van der Waals surface area contributed by atoms with Gasteiger partial charge in [-0.2, -0.15) is 0 Å². The molecule has 1 aliphatic heterocycles. The van der Waals surface area contributed by atoms with Gasteiger partial charge < -0.3 is 15.7 Å². The minimum atomic E-state index is -0.860. The molecule has 1 fully saturated rings. The highest BCUT2D eigenvalue weighted by molar-refractivity contribution is 6.34. The Morgan fingerprint density at radius 2 is 2.16 bits per heavy atom. The van der Waals surface area contributed by atoms with Crippen LogP contribution in [0.5, 0.6) is 0 Å². The van der Waals surface area contributed by atoms with Crippen LogP contribution in [0.25, 0.3) is 0 Å². The Morgan fingerprint density at radius 3 is 2.79 bits per heavy atom. The van der Waals surface area contributed by atoms with Gasteiger partial charge in [-0.25, -0.2) is 0 Å². The third-order valence-corrected chi connectivity index (χ3v) is 3.59. The molecule has 0 aromatic heterocycles. The van der Waals surface area contributed by atoms with Crippen LogP contribution in [0.2, 0.25) is 5.02 Å². The van der Waals surface area contributed by atoms with Gasteiger partial charge in [0, 0.05) is 18.8 Å². The summed E-state index contributed by atoms with van der Waals surface area (Å²) in [5.41, 5.74) is 6.43. The molecule has 1 aromatic carbocycles.